The van der Waals surface area contributed by atoms with Gasteiger partial charge < -0.3 is 10.1 Å². The maximum Gasteiger partial charge on any atom is 0.186 e. The number of nitrogens with one attached hydrogen (secondary N) is 2. The fraction of sp³-hybridized carbons (Fsp3) is 0.833. The molecule has 0 bridgehead atoms. The molecule has 1 heterocycles. The fourth-order valence-corrected chi connectivity index (χ4v) is 1.90. The van der Waals surface area contributed by atoms with Crippen molar-refractivity contribution in [3.8, 4) is 0 Å². The van der Waals surface area contributed by atoms with E-state index in [9.17, 15) is 0 Å². The summed E-state index contributed by atoms with van der Waals surface area (Å²) in [7, 11) is 0. The first-order chi connectivity index (χ1) is 8.72. The Morgan fingerprint density at radius 3 is 2.78 bits per heavy atom. The summed E-state index contributed by atoms with van der Waals surface area (Å²) in [6.45, 7) is 9.67. The monoisotopic (exact) mass is 272 g/mol. The average molecular weight is 272 g/mol. The van der Waals surface area contributed by atoms with Gasteiger partial charge in [0.2, 0.25) is 0 Å². The highest BCUT2D eigenvalue weighted by Crippen LogP contribution is 1.94. The van der Waals surface area contributed by atoms with E-state index in [-0.39, 0.29) is 0 Å². The largest absolute Gasteiger partial charge is 0.379 e. The SMILES string of the molecule is CCC/C(C)=N\NC(=S)NCCN1CCOCC1. The van der Waals surface area contributed by atoms with E-state index in [0.29, 0.717) is 5.11 Å². The van der Waals surface area contributed by atoms with Gasteiger partial charge in [-0.25, -0.2) is 0 Å². The summed E-state index contributed by atoms with van der Waals surface area (Å²) < 4.78 is 5.30. The number of rotatable bonds is 6. The summed E-state index contributed by atoms with van der Waals surface area (Å²) in [4.78, 5) is 2.37. The summed E-state index contributed by atoms with van der Waals surface area (Å²) in [5.41, 5.74) is 3.95. The second-order valence-corrected chi connectivity index (χ2v) is 4.83. The van der Waals surface area contributed by atoms with Crippen molar-refractivity contribution in [2.45, 2.75) is 26.7 Å². The van der Waals surface area contributed by atoms with E-state index in [1.165, 1.54) is 0 Å². The Balaban J connectivity index is 2.07. The lowest BCUT2D eigenvalue weighted by molar-refractivity contribution is 0.0389. The van der Waals surface area contributed by atoms with Gasteiger partial charge in [-0.2, -0.15) is 5.10 Å². The van der Waals surface area contributed by atoms with Crippen molar-refractivity contribution >= 4 is 23.0 Å². The van der Waals surface area contributed by atoms with Crippen molar-refractivity contribution in [1.29, 1.82) is 0 Å². The van der Waals surface area contributed by atoms with Gasteiger partial charge in [-0.3, -0.25) is 10.3 Å². The molecule has 0 aromatic rings. The molecule has 1 aliphatic rings. The Bertz CT molecular complexity index is 277. The first-order valence-electron chi connectivity index (χ1n) is 6.59. The maximum absolute atomic E-state index is 5.30. The molecule has 0 aromatic carbocycles. The molecule has 0 radical (unpaired) electrons. The molecule has 18 heavy (non-hydrogen) atoms. The van der Waals surface area contributed by atoms with E-state index in [1.54, 1.807) is 0 Å². The van der Waals surface area contributed by atoms with E-state index >= 15 is 0 Å². The molecule has 0 unspecified atom stereocenters. The van der Waals surface area contributed by atoms with E-state index in [0.717, 1.165) is 57.9 Å². The van der Waals surface area contributed by atoms with Gasteiger partial charge in [-0.1, -0.05) is 13.3 Å². The lowest BCUT2D eigenvalue weighted by atomic mass is 10.2. The van der Waals surface area contributed by atoms with Crippen molar-refractivity contribution in [3.05, 3.63) is 0 Å². The van der Waals surface area contributed by atoms with Crippen LogP contribution in [0, 0.1) is 0 Å². The van der Waals surface area contributed by atoms with Crippen molar-refractivity contribution in [2.24, 2.45) is 5.10 Å². The van der Waals surface area contributed by atoms with Crippen molar-refractivity contribution < 1.29 is 4.74 Å². The third-order valence-corrected chi connectivity index (χ3v) is 3.01. The van der Waals surface area contributed by atoms with Gasteiger partial charge in [-0.15, -0.1) is 0 Å². The normalized spacial score (nSPS) is 17.6. The third kappa shape index (κ3) is 6.88. The molecular formula is C12H24N4OS. The Kier molecular flexibility index (Phi) is 7.88. The van der Waals surface area contributed by atoms with Gasteiger partial charge in [-0.05, 0) is 25.6 Å². The predicted molar refractivity (Wildman–Crippen MR) is 79.0 cm³/mol. The van der Waals surface area contributed by atoms with Crippen LogP contribution in [-0.4, -0.2) is 55.1 Å². The summed E-state index contributed by atoms with van der Waals surface area (Å²) in [6, 6.07) is 0. The molecule has 1 saturated heterocycles. The maximum atomic E-state index is 5.30. The zero-order chi connectivity index (χ0) is 13.2. The Labute approximate surface area is 115 Å². The van der Waals surface area contributed by atoms with Crippen LogP contribution in [0.5, 0.6) is 0 Å². The van der Waals surface area contributed by atoms with Gasteiger partial charge in [0.15, 0.2) is 5.11 Å². The van der Waals surface area contributed by atoms with Gasteiger partial charge in [0, 0.05) is 31.9 Å². The predicted octanol–water partition coefficient (Wildman–Crippen LogP) is 0.959. The molecule has 0 aliphatic carbocycles. The standard InChI is InChI=1S/C12H24N4OS/c1-3-4-11(2)14-15-12(18)13-5-6-16-7-9-17-10-8-16/h3-10H2,1-2H3,(H2,13,15,18)/b14-11-. The highest BCUT2D eigenvalue weighted by Gasteiger charge is 2.09. The number of thiocarbonyl (C=S) groups is 1. The minimum Gasteiger partial charge on any atom is -0.379 e. The zero-order valence-electron chi connectivity index (χ0n) is 11.4. The molecule has 0 aromatic heterocycles. The number of hydrogen-bond acceptors (Lipinski definition) is 4. The van der Waals surface area contributed by atoms with Gasteiger partial charge >= 0.3 is 0 Å². The minimum atomic E-state index is 0.596. The van der Waals surface area contributed by atoms with Crippen LogP contribution in [0.25, 0.3) is 0 Å². The molecule has 5 nitrogen and oxygen atoms in total. The molecule has 0 atom stereocenters. The van der Waals surface area contributed by atoms with Crippen molar-refractivity contribution in [3.63, 3.8) is 0 Å². The van der Waals surface area contributed by atoms with Crippen LogP contribution in [0.15, 0.2) is 5.10 Å². The summed E-state index contributed by atoms with van der Waals surface area (Å²) in [5, 5.41) is 7.96. The topological polar surface area (TPSA) is 48.9 Å². The van der Waals surface area contributed by atoms with Crippen LogP contribution in [0.4, 0.5) is 0 Å². The summed E-state index contributed by atoms with van der Waals surface area (Å²) in [6.07, 6.45) is 2.11. The van der Waals surface area contributed by atoms with E-state index < -0.39 is 0 Å². The smallest absolute Gasteiger partial charge is 0.186 e. The van der Waals surface area contributed by atoms with Crippen molar-refractivity contribution in [1.82, 2.24) is 15.6 Å². The van der Waals surface area contributed by atoms with Crippen LogP contribution in [0.3, 0.4) is 0 Å². The Morgan fingerprint density at radius 1 is 1.39 bits per heavy atom. The highest BCUT2D eigenvalue weighted by atomic mass is 32.1. The third-order valence-electron chi connectivity index (χ3n) is 2.78. The average Bonchev–Trinajstić information content (AvgIpc) is 2.38. The number of ether oxygens (including phenoxy) is 1. The van der Waals surface area contributed by atoms with E-state index in [4.69, 9.17) is 17.0 Å². The summed E-state index contributed by atoms with van der Waals surface area (Å²) >= 11 is 5.15. The van der Waals surface area contributed by atoms with Gasteiger partial charge in [0.1, 0.15) is 0 Å². The molecule has 2 N–H and O–H groups in total. The van der Waals surface area contributed by atoms with E-state index in [2.05, 4.69) is 27.7 Å². The molecule has 6 heteroatoms. The molecule has 1 rings (SSSR count). The number of morpholine rings is 1. The summed E-state index contributed by atoms with van der Waals surface area (Å²) in [5.74, 6) is 0. The number of nitrogens with zero attached hydrogens (tertiary/aromatic N) is 2. The van der Waals surface area contributed by atoms with Crippen LogP contribution < -0.4 is 10.7 Å². The lowest BCUT2D eigenvalue weighted by Gasteiger charge is -2.26. The van der Waals surface area contributed by atoms with Gasteiger partial charge in [0.05, 0.1) is 13.2 Å². The molecule has 0 amide bonds. The van der Waals surface area contributed by atoms with Crippen LogP contribution in [0.1, 0.15) is 26.7 Å². The molecular weight excluding hydrogens is 248 g/mol. The zero-order valence-corrected chi connectivity index (χ0v) is 12.2. The number of hydrogen-bond donors (Lipinski definition) is 2. The molecule has 1 aliphatic heterocycles. The quantitative estimate of drug-likeness (QED) is 0.428. The Morgan fingerprint density at radius 2 is 2.11 bits per heavy atom. The minimum absolute atomic E-state index is 0.596. The fourth-order valence-electron chi connectivity index (χ4n) is 1.76. The first kappa shape index (κ1) is 15.3. The van der Waals surface area contributed by atoms with Crippen LogP contribution in [-0.2, 0) is 4.74 Å². The second-order valence-electron chi connectivity index (χ2n) is 4.42. The lowest BCUT2D eigenvalue weighted by Crippen LogP contribution is -2.42. The molecule has 0 spiro atoms. The molecule has 0 saturated carbocycles. The van der Waals surface area contributed by atoms with Gasteiger partial charge in [0.25, 0.3) is 0 Å². The van der Waals surface area contributed by atoms with Crippen molar-refractivity contribution in [2.75, 3.05) is 39.4 Å². The second kappa shape index (κ2) is 9.24. The first-order valence-corrected chi connectivity index (χ1v) is 7.00. The molecule has 1 fully saturated rings. The molecule has 104 valence electrons. The van der Waals surface area contributed by atoms with E-state index in [1.807, 2.05) is 6.92 Å². The van der Waals surface area contributed by atoms with Crippen LogP contribution >= 0.6 is 12.2 Å². The number of hydrazone groups is 1. The highest BCUT2D eigenvalue weighted by molar-refractivity contribution is 7.80. The van der Waals surface area contributed by atoms with Crippen LogP contribution in [0.2, 0.25) is 0 Å². The Hall–Kier alpha value is -0.720.